The van der Waals surface area contributed by atoms with Gasteiger partial charge >= 0.3 is 0 Å². The number of halogens is 3. The average Bonchev–Trinajstić information content (AvgIpc) is 2.45. The highest BCUT2D eigenvalue weighted by Gasteiger charge is 2.02. The van der Waals surface area contributed by atoms with Gasteiger partial charge in [-0.3, -0.25) is 0 Å². The Kier molecular flexibility index (Phi) is 5.59. The Bertz CT molecular complexity index is 654. The second kappa shape index (κ2) is 7.66. The van der Waals surface area contributed by atoms with E-state index in [4.69, 9.17) is 16.3 Å². The zero-order valence-electron chi connectivity index (χ0n) is 11.2. The molecule has 0 radical (unpaired) electrons. The molecule has 0 aliphatic heterocycles. The fourth-order valence-electron chi connectivity index (χ4n) is 1.74. The van der Waals surface area contributed by atoms with E-state index in [0.717, 1.165) is 11.6 Å². The Morgan fingerprint density at radius 3 is 2.52 bits per heavy atom. The molecule has 0 saturated carbocycles. The van der Waals surface area contributed by atoms with Gasteiger partial charge in [0, 0.05) is 23.9 Å². The smallest absolute Gasteiger partial charge is 0.126 e. The van der Waals surface area contributed by atoms with Gasteiger partial charge < -0.3 is 4.74 Å². The molecule has 2 aromatic carbocycles. The standard InChI is InChI=1S/C17H13ClF2O/c18-7-2-1-4-13-5-3-6-17(10-13)21-12-14-8-15(19)11-16(20)9-14/h3,5-6,8-11H,2,7,12H2. The predicted octanol–water partition coefficient (Wildman–Crippen LogP) is 4.52. The Balaban J connectivity index is 2.03. The molecule has 2 aromatic rings. The highest BCUT2D eigenvalue weighted by molar-refractivity contribution is 6.18. The number of alkyl halides is 1. The minimum absolute atomic E-state index is 0.0905. The first-order valence-corrected chi connectivity index (χ1v) is 6.93. The van der Waals surface area contributed by atoms with Crippen LogP contribution in [0, 0.1) is 23.5 Å². The molecule has 4 heteroatoms. The quantitative estimate of drug-likeness (QED) is 0.596. The Morgan fingerprint density at radius 1 is 1.05 bits per heavy atom. The second-order valence-electron chi connectivity index (χ2n) is 4.33. The monoisotopic (exact) mass is 306 g/mol. The van der Waals surface area contributed by atoms with Crippen LogP contribution in [-0.4, -0.2) is 5.88 Å². The van der Waals surface area contributed by atoms with Crippen LogP contribution in [0.4, 0.5) is 8.78 Å². The van der Waals surface area contributed by atoms with Crippen molar-refractivity contribution in [3.63, 3.8) is 0 Å². The lowest BCUT2D eigenvalue weighted by Crippen LogP contribution is -1.97. The van der Waals surface area contributed by atoms with Crippen LogP contribution in [-0.2, 0) is 6.61 Å². The predicted molar refractivity (Wildman–Crippen MR) is 79.3 cm³/mol. The second-order valence-corrected chi connectivity index (χ2v) is 4.71. The normalized spacial score (nSPS) is 9.86. The SMILES string of the molecule is Fc1cc(F)cc(COc2cccc(C#CCCCl)c2)c1. The van der Waals surface area contributed by atoms with Gasteiger partial charge in [0.05, 0.1) is 0 Å². The van der Waals surface area contributed by atoms with Gasteiger partial charge in [0.15, 0.2) is 0 Å². The van der Waals surface area contributed by atoms with Crippen LogP contribution >= 0.6 is 11.6 Å². The van der Waals surface area contributed by atoms with Crippen molar-refractivity contribution in [2.75, 3.05) is 5.88 Å². The molecule has 0 amide bonds. The summed E-state index contributed by atoms with van der Waals surface area (Å²) in [5, 5.41) is 0. The molecule has 0 unspecified atom stereocenters. The molecule has 0 heterocycles. The van der Waals surface area contributed by atoms with Crippen molar-refractivity contribution in [1.29, 1.82) is 0 Å². The van der Waals surface area contributed by atoms with E-state index < -0.39 is 11.6 Å². The fraction of sp³-hybridized carbons (Fsp3) is 0.176. The van der Waals surface area contributed by atoms with Gasteiger partial charge in [-0.1, -0.05) is 17.9 Å². The van der Waals surface area contributed by atoms with Crippen molar-refractivity contribution in [2.45, 2.75) is 13.0 Å². The van der Waals surface area contributed by atoms with Gasteiger partial charge in [-0.2, -0.15) is 0 Å². The number of hydrogen-bond donors (Lipinski definition) is 0. The summed E-state index contributed by atoms with van der Waals surface area (Å²) in [4.78, 5) is 0. The molecular formula is C17H13ClF2O. The molecular weight excluding hydrogens is 294 g/mol. The summed E-state index contributed by atoms with van der Waals surface area (Å²) in [6.45, 7) is 0.0905. The Labute approximate surface area is 127 Å². The Hall–Kier alpha value is -2.05. The van der Waals surface area contributed by atoms with Crippen molar-refractivity contribution in [3.05, 3.63) is 65.2 Å². The van der Waals surface area contributed by atoms with Crippen LogP contribution in [0.25, 0.3) is 0 Å². The Morgan fingerprint density at radius 2 is 1.81 bits per heavy atom. The van der Waals surface area contributed by atoms with E-state index >= 15 is 0 Å². The number of rotatable bonds is 4. The van der Waals surface area contributed by atoms with Crippen molar-refractivity contribution in [1.82, 2.24) is 0 Å². The molecule has 0 fully saturated rings. The molecule has 0 spiro atoms. The van der Waals surface area contributed by atoms with Crippen LogP contribution < -0.4 is 4.74 Å². The third-order valence-corrected chi connectivity index (χ3v) is 2.80. The summed E-state index contributed by atoms with van der Waals surface area (Å²) >= 11 is 5.55. The van der Waals surface area contributed by atoms with E-state index in [9.17, 15) is 8.78 Å². The zero-order chi connectivity index (χ0) is 15.1. The minimum Gasteiger partial charge on any atom is -0.489 e. The highest BCUT2D eigenvalue weighted by atomic mass is 35.5. The maximum Gasteiger partial charge on any atom is 0.126 e. The largest absolute Gasteiger partial charge is 0.489 e. The maximum atomic E-state index is 13.1. The van der Waals surface area contributed by atoms with Gasteiger partial charge in [0.2, 0.25) is 0 Å². The van der Waals surface area contributed by atoms with E-state index in [1.807, 2.05) is 12.1 Å². The minimum atomic E-state index is -0.616. The van der Waals surface area contributed by atoms with Crippen molar-refractivity contribution in [3.8, 4) is 17.6 Å². The summed E-state index contributed by atoms with van der Waals surface area (Å²) in [6, 6.07) is 10.5. The molecule has 0 aliphatic rings. The van der Waals surface area contributed by atoms with Gasteiger partial charge in [-0.05, 0) is 35.9 Å². The van der Waals surface area contributed by atoms with Gasteiger partial charge in [-0.25, -0.2) is 8.78 Å². The molecule has 108 valence electrons. The number of hydrogen-bond acceptors (Lipinski definition) is 1. The van der Waals surface area contributed by atoms with E-state index in [1.54, 1.807) is 12.1 Å². The number of ether oxygens (including phenoxy) is 1. The van der Waals surface area contributed by atoms with Crippen LogP contribution in [0.5, 0.6) is 5.75 Å². The molecule has 0 aromatic heterocycles. The third-order valence-electron chi connectivity index (χ3n) is 2.61. The van der Waals surface area contributed by atoms with Gasteiger partial charge in [0.1, 0.15) is 24.0 Å². The molecule has 2 rings (SSSR count). The van der Waals surface area contributed by atoms with E-state index in [1.165, 1.54) is 12.1 Å². The maximum absolute atomic E-state index is 13.1. The molecule has 0 N–H and O–H groups in total. The van der Waals surface area contributed by atoms with Crippen LogP contribution in [0.15, 0.2) is 42.5 Å². The molecule has 0 atom stereocenters. The highest BCUT2D eigenvalue weighted by Crippen LogP contribution is 2.16. The first-order chi connectivity index (χ1) is 10.2. The molecule has 1 nitrogen and oxygen atoms in total. The average molecular weight is 307 g/mol. The zero-order valence-corrected chi connectivity index (χ0v) is 12.0. The lowest BCUT2D eigenvalue weighted by atomic mass is 10.2. The lowest BCUT2D eigenvalue weighted by Gasteiger charge is -2.07. The molecule has 0 aliphatic carbocycles. The first-order valence-electron chi connectivity index (χ1n) is 6.40. The van der Waals surface area contributed by atoms with E-state index in [2.05, 4.69) is 11.8 Å². The van der Waals surface area contributed by atoms with Gasteiger partial charge in [-0.15, -0.1) is 11.6 Å². The topological polar surface area (TPSA) is 9.23 Å². The summed E-state index contributed by atoms with van der Waals surface area (Å²) < 4.78 is 31.7. The summed E-state index contributed by atoms with van der Waals surface area (Å²) in [7, 11) is 0. The van der Waals surface area contributed by atoms with E-state index in [-0.39, 0.29) is 6.61 Å². The fourth-order valence-corrected chi connectivity index (χ4v) is 1.83. The lowest BCUT2D eigenvalue weighted by molar-refractivity contribution is 0.304. The summed E-state index contributed by atoms with van der Waals surface area (Å²) in [5.41, 5.74) is 1.24. The summed E-state index contributed by atoms with van der Waals surface area (Å²) in [6.07, 6.45) is 0.620. The third kappa shape index (κ3) is 5.09. The van der Waals surface area contributed by atoms with E-state index in [0.29, 0.717) is 23.6 Å². The number of benzene rings is 2. The summed E-state index contributed by atoms with van der Waals surface area (Å²) in [5.74, 6) is 5.75. The van der Waals surface area contributed by atoms with Crippen LogP contribution in [0.1, 0.15) is 17.5 Å². The molecule has 0 bridgehead atoms. The van der Waals surface area contributed by atoms with Crippen molar-refractivity contribution < 1.29 is 13.5 Å². The molecule has 21 heavy (non-hydrogen) atoms. The van der Waals surface area contributed by atoms with Crippen LogP contribution in [0.3, 0.4) is 0 Å². The van der Waals surface area contributed by atoms with Crippen molar-refractivity contribution in [2.24, 2.45) is 0 Å². The first kappa shape index (κ1) is 15.3. The molecule has 0 saturated heterocycles. The van der Waals surface area contributed by atoms with Gasteiger partial charge in [0.25, 0.3) is 0 Å². The van der Waals surface area contributed by atoms with Crippen LogP contribution in [0.2, 0.25) is 0 Å². The van der Waals surface area contributed by atoms with Crippen molar-refractivity contribution >= 4 is 11.6 Å².